The van der Waals surface area contributed by atoms with Crippen LogP contribution in [0, 0.1) is 18.3 Å². The van der Waals surface area contributed by atoms with Crippen molar-refractivity contribution in [2.24, 2.45) is 0 Å². The van der Waals surface area contributed by atoms with Gasteiger partial charge in [0.2, 0.25) is 0 Å². The van der Waals surface area contributed by atoms with E-state index in [9.17, 15) is 15.2 Å². The molecule has 2 unspecified atom stereocenters. The summed E-state index contributed by atoms with van der Waals surface area (Å²) in [7, 11) is 0. The number of piperidine rings is 2. The van der Waals surface area contributed by atoms with E-state index in [1.165, 1.54) is 0 Å². The quantitative estimate of drug-likeness (QED) is 0.825. The van der Waals surface area contributed by atoms with Crippen LogP contribution in [0.15, 0.2) is 18.2 Å². The molecule has 140 valence electrons. The Kier molecular flexibility index (Phi) is 4.74. The van der Waals surface area contributed by atoms with E-state index in [-0.39, 0.29) is 18.2 Å². The molecular formula is C21H28N2O3. The van der Waals surface area contributed by atoms with Gasteiger partial charge in [0.05, 0.1) is 17.2 Å². The molecule has 2 aliphatic rings. The first-order valence-corrected chi connectivity index (χ1v) is 9.38. The van der Waals surface area contributed by atoms with Crippen LogP contribution in [0.25, 0.3) is 0 Å². The van der Waals surface area contributed by atoms with Crippen molar-refractivity contribution in [2.45, 2.75) is 83.1 Å². The number of carbonyl (C=O) groups excluding carboxylic acids is 1. The summed E-state index contributed by atoms with van der Waals surface area (Å²) in [6.45, 7) is 7.51. The van der Waals surface area contributed by atoms with Gasteiger partial charge in [0.25, 0.3) is 0 Å². The lowest BCUT2D eigenvalue weighted by atomic mass is 9.71. The van der Waals surface area contributed by atoms with Crippen molar-refractivity contribution in [3.8, 4) is 6.07 Å². The topological polar surface area (TPSA) is 73.6 Å². The number of nitrogens with zero attached hydrogens (tertiary/aromatic N) is 2. The van der Waals surface area contributed by atoms with E-state index in [0.717, 1.165) is 30.4 Å². The highest BCUT2D eigenvalue weighted by Gasteiger charge is 2.49. The minimum Gasteiger partial charge on any atom is -0.444 e. The van der Waals surface area contributed by atoms with Crippen LogP contribution in [0.4, 0.5) is 4.79 Å². The lowest BCUT2D eigenvalue weighted by Crippen LogP contribution is -2.59. The second kappa shape index (κ2) is 6.59. The van der Waals surface area contributed by atoms with Crippen molar-refractivity contribution in [3.05, 3.63) is 34.9 Å². The third-order valence-electron chi connectivity index (χ3n) is 5.57. The lowest BCUT2D eigenvalue weighted by Gasteiger charge is -2.52. The van der Waals surface area contributed by atoms with Gasteiger partial charge in [-0.25, -0.2) is 4.79 Å². The fraction of sp³-hybridized carbons (Fsp3) is 0.619. The van der Waals surface area contributed by atoms with Gasteiger partial charge in [0, 0.05) is 24.9 Å². The first-order valence-electron chi connectivity index (χ1n) is 9.38. The van der Waals surface area contributed by atoms with Gasteiger partial charge in [-0.3, -0.25) is 0 Å². The first kappa shape index (κ1) is 18.7. The molecule has 2 saturated heterocycles. The number of amides is 1. The van der Waals surface area contributed by atoms with Crippen LogP contribution in [0.3, 0.4) is 0 Å². The molecule has 2 atom stereocenters. The molecule has 3 rings (SSSR count). The highest BCUT2D eigenvalue weighted by atomic mass is 16.6. The molecule has 5 nitrogen and oxygen atoms in total. The first-order chi connectivity index (χ1) is 12.1. The van der Waals surface area contributed by atoms with Crippen LogP contribution < -0.4 is 0 Å². The molecule has 2 fully saturated rings. The Hall–Kier alpha value is -2.06. The normalized spacial score (nSPS) is 28.4. The second-order valence-corrected chi connectivity index (χ2v) is 8.66. The Balaban J connectivity index is 1.90. The van der Waals surface area contributed by atoms with Crippen LogP contribution >= 0.6 is 0 Å². The Morgan fingerprint density at radius 1 is 1.31 bits per heavy atom. The molecule has 1 N–H and O–H groups in total. The predicted molar refractivity (Wildman–Crippen MR) is 98.5 cm³/mol. The van der Waals surface area contributed by atoms with Crippen LogP contribution in [-0.4, -0.2) is 33.8 Å². The molecule has 0 spiro atoms. The highest BCUT2D eigenvalue weighted by molar-refractivity contribution is 5.69. The van der Waals surface area contributed by atoms with Crippen LogP contribution in [0.2, 0.25) is 0 Å². The molecule has 1 aromatic rings. The molecule has 2 heterocycles. The number of ether oxygens (including phenoxy) is 1. The Morgan fingerprint density at radius 2 is 1.92 bits per heavy atom. The number of aliphatic hydroxyl groups is 1. The van der Waals surface area contributed by atoms with E-state index >= 15 is 0 Å². The van der Waals surface area contributed by atoms with Crippen LogP contribution in [0.1, 0.15) is 69.6 Å². The number of hydrogen-bond donors (Lipinski definition) is 1. The molecule has 2 bridgehead atoms. The molecule has 5 heteroatoms. The van der Waals surface area contributed by atoms with E-state index in [2.05, 4.69) is 6.07 Å². The van der Waals surface area contributed by atoms with Gasteiger partial charge < -0.3 is 14.7 Å². The molecule has 0 saturated carbocycles. The van der Waals surface area contributed by atoms with E-state index < -0.39 is 11.2 Å². The lowest BCUT2D eigenvalue weighted by molar-refractivity contribution is -0.0967. The summed E-state index contributed by atoms with van der Waals surface area (Å²) in [6.07, 6.45) is 3.49. The van der Waals surface area contributed by atoms with Crippen molar-refractivity contribution < 1.29 is 14.6 Å². The summed E-state index contributed by atoms with van der Waals surface area (Å²) in [5.74, 6) is 0. The average Bonchev–Trinajstić information content (AvgIpc) is 2.52. The fourth-order valence-corrected chi connectivity index (χ4v) is 4.52. The molecule has 0 radical (unpaired) electrons. The fourth-order valence-electron chi connectivity index (χ4n) is 4.52. The molecular weight excluding hydrogens is 328 g/mol. The predicted octanol–water partition coefficient (Wildman–Crippen LogP) is 4.01. The number of nitriles is 1. The smallest absolute Gasteiger partial charge is 0.410 e. The Labute approximate surface area is 155 Å². The number of benzene rings is 1. The summed E-state index contributed by atoms with van der Waals surface area (Å²) < 4.78 is 5.61. The largest absolute Gasteiger partial charge is 0.444 e. The maximum Gasteiger partial charge on any atom is 0.410 e. The zero-order valence-corrected chi connectivity index (χ0v) is 16.1. The maximum atomic E-state index is 12.7. The average molecular weight is 356 g/mol. The van der Waals surface area contributed by atoms with Gasteiger partial charge in [0.1, 0.15) is 5.60 Å². The minimum atomic E-state index is -1.01. The van der Waals surface area contributed by atoms with E-state index in [0.29, 0.717) is 18.4 Å². The standard InChI is InChI=1S/C21H28N2O3/c1-14-15(13-22)7-5-10-18(14)21(25)11-16-8-6-9-17(12-21)23(16)19(24)26-20(2,3)4/h5,7,10,16-17,25H,6,8-9,11-12H2,1-4H3. The summed E-state index contributed by atoms with van der Waals surface area (Å²) in [6, 6.07) is 7.65. The zero-order chi connectivity index (χ0) is 19.1. The number of rotatable bonds is 1. The van der Waals surface area contributed by atoms with Crippen molar-refractivity contribution in [1.82, 2.24) is 4.90 Å². The SMILES string of the molecule is Cc1c(C#N)cccc1C1(O)CC2CCCC(C1)N2C(=O)OC(C)(C)C. The minimum absolute atomic E-state index is 0.0347. The van der Waals surface area contributed by atoms with Crippen molar-refractivity contribution >= 4 is 6.09 Å². The Morgan fingerprint density at radius 3 is 2.46 bits per heavy atom. The van der Waals surface area contributed by atoms with E-state index in [4.69, 9.17) is 4.74 Å². The molecule has 2 aliphatic heterocycles. The van der Waals surface area contributed by atoms with Gasteiger partial charge in [-0.15, -0.1) is 0 Å². The van der Waals surface area contributed by atoms with Crippen molar-refractivity contribution in [3.63, 3.8) is 0 Å². The van der Waals surface area contributed by atoms with E-state index in [1.54, 1.807) is 6.07 Å². The molecule has 1 amide bonds. The molecule has 0 aliphatic carbocycles. The molecule has 26 heavy (non-hydrogen) atoms. The summed E-state index contributed by atoms with van der Waals surface area (Å²) in [5.41, 5.74) is 0.705. The van der Waals surface area contributed by atoms with Gasteiger partial charge in [-0.05, 0) is 64.2 Å². The molecule has 1 aromatic carbocycles. The monoisotopic (exact) mass is 356 g/mol. The highest BCUT2D eigenvalue weighted by Crippen LogP contribution is 2.45. The molecule has 0 aromatic heterocycles. The van der Waals surface area contributed by atoms with Gasteiger partial charge in [-0.2, -0.15) is 5.26 Å². The third kappa shape index (κ3) is 3.43. The summed E-state index contributed by atoms with van der Waals surface area (Å²) >= 11 is 0. The Bertz CT molecular complexity index is 731. The number of fused-ring (bicyclic) bond motifs is 2. The van der Waals surface area contributed by atoms with Crippen LogP contribution in [-0.2, 0) is 10.3 Å². The van der Waals surface area contributed by atoms with Gasteiger partial charge >= 0.3 is 6.09 Å². The number of carbonyl (C=O) groups is 1. The summed E-state index contributed by atoms with van der Waals surface area (Å²) in [5, 5.41) is 20.8. The maximum absolute atomic E-state index is 12.7. The second-order valence-electron chi connectivity index (χ2n) is 8.66. The van der Waals surface area contributed by atoms with E-state index in [1.807, 2.05) is 44.7 Å². The number of hydrogen-bond acceptors (Lipinski definition) is 4. The van der Waals surface area contributed by atoms with Crippen molar-refractivity contribution in [1.29, 1.82) is 5.26 Å². The zero-order valence-electron chi connectivity index (χ0n) is 16.1. The van der Waals surface area contributed by atoms with Gasteiger partial charge in [-0.1, -0.05) is 12.1 Å². The van der Waals surface area contributed by atoms with Crippen molar-refractivity contribution in [2.75, 3.05) is 0 Å². The van der Waals surface area contributed by atoms with Crippen LogP contribution in [0.5, 0.6) is 0 Å². The third-order valence-corrected chi connectivity index (χ3v) is 5.57. The summed E-state index contributed by atoms with van der Waals surface area (Å²) in [4.78, 5) is 14.6. The van der Waals surface area contributed by atoms with Gasteiger partial charge in [0.15, 0.2) is 0 Å².